The zero-order chi connectivity index (χ0) is 18.1. The van der Waals surface area contributed by atoms with E-state index in [0.717, 1.165) is 5.56 Å². The monoisotopic (exact) mass is 344 g/mol. The van der Waals surface area contributed by atoms with Crippen molar-refractivity contribution < 1.29 is 28.9 Å². The minimum Gasteiger partial charge on any atom is -0.497 e. The molecule has 0 aliphatic carbocycles. The van der Waals surface area contributed by atoms with Crippen molar-refractivity contribution in [2.75, 3.05) is 20.3 Å². The molecule has 2 aromatic rings. The predicted molar refractivity (Wildman–Crippen MR) is 90.5 cm³/mol. The van der Waals surface area contributed by atoms with Gasteiger partial charge < -0.3 is 19.3 Å². The maximum Gasteiger partial charge on any atom is 0.338 e. The second-order valence-corrected chi connectivity index (χ2v) is 5.21. The topological polar surface area (TPSA) is 82.1 Å². The third-order valence-corrected chi connectivity index (χ3v) is 3.45. The number of carbonyl (C=O) groups is 2. The lowest BCUT2D eigenvalue weighted by molar-refractivity contribution is 0.0396. The second-order valence-electron chi connectivity index (χ2n) is 5.21. The predicted octanol–water partition coefficient (Wildman–Crippen LogP) is 2.59. The Kier molecular flexibility index (Phi) is 6.98. The molecule has 2 rings (SSSR count). The van der Waals surface area contributed by atoms with Gasteiger partial charge in [-0.2, -0.15) is 0 Å². The van der Waals surface area contributed by atoms with Gasteiger partial charge in [-0.1, -0.05) is 12.1 Å². The Balaban J connectivity index is 1.68. The smallest absolute Gasteiger partial charge is 0.338 e. The molecule has 0 aromatic heterocycles. The van der Waals surface area contributed by atoms with Crippen LogP contribution in [0.15, 0.2) is 48.5 Å². The minimum absolute atomic E-state index is 0.0745. The van der Waals surface area contributed by atoms with Gasteiger partial charge in [0.2, 0.25) is 0 Å². The van der Waals surface area contributed by atoms with Crippen LogP contribution in [0.3, 0.4) is 0 Å². The molecule has 0 amide bonds. The van der Waals surface area contributed by atoms with Crippen LogP contribution in [0.5, 0.6) is 5.75 Å². The van der Waals surface area contributed by atoms with Gasteiger partial charge in [0.15, 0.2) is 0 Å². The molecule has 0 atom stereocenters. The van der Waals surface area contributed by atoms with Crippen molar-refractivity contribution in [2.45, 2.75) is 13.0 Å². The van der Waals surface area contributed by atoms with E-state index in [4.69, 9.17) is 19.3 Å². The second kappa shape index (κ2) is 9.44. The Hall–Kier alpha value is -2.86. The Morgan fingerprint density at radius 2 is 1.32 bits per heavy atom. The van der Waals surface area contributed by atoms with Gasteiger partial charge in [-0.25, -0.2) is 9.59 Å². The van der Waals surface area contributed by atoms with E-state index in [-0.39, 0.29) is 19.8 Å². The van der Waals surface area contributed by atoms with Crippen LogP contribution >= 0.6 is 0 Å². The summed E-state index contributed by atoms with van der Waals surface area (Å²) in [5, 5.41) is 8.96. The van der Waals surface area contributed by atoms with E-state index in [0.29, 0.717) is 23.3 Å². The lowest BCUT2D eigenvalue weighted by atomic mass is 10.1. The van der Waals surface area contributed by atoms with E-state index >= 15 is 0 Å². The van der Waals surface area contributed by atoms with Crippen LogP contribution < -0.4 is 4.74 Å². The maximum atomic E-state index is 11.8. The summed E-state index contributed by atoms with van der Waals surface area (Å²) in [5.41, 5.74) is 1.57. The van der Waals surface area contributed by atoms with Gasteiger partial charge in [0.1, 0.15) is 5.75 Å². The fourth-order valence-electron chi connectivity index (χ4n) is 2.03. The molecule has 25 heavy (non-hydrogen) atoms. The van der Waals surface area contributed by atoms with Crippen molar-refractivity contribution in [3.63, 3.8) is 0 Å². The summed E-state index contributed by atoms with van der Waals surface area (Å²) >= 11 is 0. The molecule has 0 spiro atoms. The lowest BCUT2D eigenvalue weighted by Crippen LogP contribution is -2.11. The number of ether oxygens (including phenoxy) is 3. The number of hydrogen-bond acceptors (Lipinski definition) is 6. The zero-order valence-electron chi connectivity index (χ0n) is 13.9. The fourth-order valence-corrected chi connectivity index (χ4v) is 2.03. The Bertz CT molecular complexity index is 629. The van der Waals surface area contributed by atoms with Crippen molar-refractivity contribution in [1.82, 2.24) is 0 Å². The van der Waals surface area contributed by atoms with Crippen LogP contribution in [0.4, 0.5) is 0 Å². The van der Waals surface area contributed by atoms with E-state index < -0.39 is 11.9 Å². The number of aliphatic hydroxyl groups excluding tert-OH is 1. The van der Waals surface area contributed by atoms with Crippen LogP contribution in [0.1, 0.15) is 32.7 Å². The summed E-state index contributed by atoms with van der Waals surface area (Å²) in [6, 6.07) is 13.1. The minimum atomic E-state index is -0.453. The lowest BCUT2D eigenvalue weighted by Gasteiger charge is -2.07. The normalized spacial score (nSPS) is 10.2. The van der Waals surface area contributed by atoms with E-state index in [2.05, 4.69) is 0 Å². The summed E-state index contributed by atoms with van der Waals surface area (Å²) < 4.78 is 15.3. The number of hydrogen-bond donors (Lipinski definition) is 1. The molecule has 0 radical (unpaired) electrons. The van der Waals surface area contributed by atoms with E-state index in [1.54, 1.807) is 55.6 Å². The molecular weight excluding hydrogens is 324 g/mol. The average molecular weight is 344 g/mol. The molecule has 2 aromatic carbocycles. The summed E-state index contributed by atoms with van der Waals surface area (Å²) in [7, 11) is 1.55. The number of methoxy groups -OCH3 is 1. The highest BCUT2D eigenvalue weighted by molar-refractivity contribution is 5.90. The van der Waals surface area contributed by atoms with Gasteiger partial charge in [0.05, 0.1) is 38.1 Å². The summed E-state index contributed by atoms with van der Waals surface area (Å²) in [5.74, 6) is -0.227. The highest BCUT2D eigenvalue weighted by Crippen LogP contribution is 2.12. The molecule has 0 aliphatic rings. The molecule has 0 saturated heterocycles. The standard InChI is InChI=1S/C19H20O6/c1-23-17-9-7-16(8-10-17)19(22)25-12-2-11-24-18(21)15-5-3-14(13-20)4-6-15/h3-10,20H,2,11-13H2,1H3. The van der Waals surface area contributed by atoms with E-state index in [9.17, 15) is 9.59 Å². The highest BCUT2D eigenvalue weighted by atomic mass is 16.5. The van der Waals surface area contributed by atoms with Gasteiger partial charge in [-0.3, -0.25) is 0 Å². The molecule has 0 heterocycles. The van der Waals surface area contributed by atoms with Gasteiger partial charge in [-0.15, -0.1) is 0 Å². The highest BCUT2D eigenvalue weighted by Gasteiger charge is 2.09. The number of aliphatic hydroxyl groups is 1. The molecule has 132 valence electrons. The Morgan fingerprint density at radius 1 is 0.840 bits per heavy atom. The van der Waals surface area contributed by atoms with Crippen molar-refractivity contribution in [3.05, 3.63) is 65.2 Å². The van der Waals surface area contributed by atoms with Crippen molar-refractivity contribution in [3.8, 4) is 5.75 Å². The molecule has 0 unspecified atom stereocenters. The first-order valence-corrected chi connectivity index (χ1v) is 7.82. The Morgan fingerprint density at radius 3 is 1.76 bits per heavy atom. The first-order valence-electron chi connectivity index (χ1n) is 7.82. The van der Waals surface area contributed by atoms with Gasteiger partial charge in [0.25, 0.3) is 0 Å². The molecule has 1 N–H and O–H groups in total. The maximum absolute atomic E-state index is 11.8. The Labute approximate surface area is 146 Å². The summed E-state index contributed by atoms with van der Waals surface area (Å²) in [6.07, 6.45) is 0.405. The largest absolute Gasteiger partial charge is 0.497 e. The van der Waals surface area contributed by atoms with Gasteiger partial charge >= 0.3 is 11.9 Å². The molecule has 6 nitrogen and oxygen atoms in total. The van der Waals surface area contributed by atoms with Gasteiger partial charge in [0, 0.05) is 6.42 Å². The number of esters is 2. The van der Waals surface area contributed by atoms with E-state index in [1.165, 1.54) is 0 Å². The summed E-state index contributed by atoms with van der Waals surface area (Å²) in [4.78, 5) is 23.7. The fraction of sp³-hybridized carbons (Fsp3) is 0.263. The molecular formula is C19H20O6. The van der Waals surface area contributed by atoms with Crippen LogP contribution in [-0.2, 0) is 16.1 Å². The summed E-state index contributed by atoms with van der Waals surface area (Å²) in [6.45, 7) is 0.229. The SMILES string of the molecule is COc1ccc(C(=O)OCCCOC(=O)c2ccc(CO)cc2)cc1. The first kappa shape index (κ1) is 18.5. The van der Waals surface area contributed by atoms with Crippen molar-refractivity contribution in [2.24, 2.45) is 0 Å². The average Bonchev–Trinajstić information content (AvgIpc) is 2.67. The first-order chi connectivity index (χ1) is 12.1. The molecule has 0 aliphatic heterocycles. The number of benzene rings is 2. The van der Waals surface area contributed by atoms with Crippen molar-refractivity contribution >= 4 is 11.9 Å². The van der Waals surface area contributed by atoms with Crippen LogP contribution in [0.2, 0.25) is 0 Å². The molecule has 0 bridgehead atoms. The number of rotatable bonds is 8. The third kappa shape index (κ3) is 5.61. The zero-order valence-corrected chi connectivity index (χ0v) is 13.9. The van der Waals surface area contributed by atoms with E-state index in [1.807, 2.05) is 0 Å². The molecule has 0 fully saturated rings. The van der Waals surface area contributed by atoms with Crippen LogP contribution in [-0.4, -0.2) is 37.4 Å². The molecule has 6 heteroatoms. The van der Waals surface area contributed by atoms with Crippen LogP contribution in [0.25, 0.3) is 0 Å². The van der Waals surface area contributed by atoms with Crippen molar-refractivity contribution in [1.29, 1.82) is 0 Å². The van der Waals surface area contributed by atoms with Gasteiger partial charge in [-0.05, 0) is 42.0 Å². The quantitative estimate of drug-likeness (QED) is 0.585. The number of carbonyl (C=O) groups excluding carboxylic acids is 2. The van der Waals surface area contributed by atoms with Crippen LogP contribution in [0, 0.1) is 0 Å². The third-order valence-electron chi connectivity index (χ3n) is 3.45. The molecule has 0 saturated carbocycles.